The van der Waals surface area contributed by atoms with Crippen LogP contribution in [0.1, 0.15) is 42.5 Å². The molecule has 1 amide bonds. The van der Waals surface area contributed by atoms with Crippen LogP contribution in [-0.4, -0.2) is 48.4 Å². The quantitative estimate of drug-likeness (QED) is 0.843. The number of rotatable bonds is 3. The summed E-state index contributed by atoms with van der Waals surface area (Å²) in [4.78, 5) is 17.5. The van der Waals surface area contributed by atoms with Gasteiger partial charge in [-0.05, 0) is 62.8 Å². The van der Waals surface area contributed by atoms with Gasteiger partial charge >= 0.3 is 0 Å². The Bertz CT molecular complexity index is 601. The molecule has 23 heavy (non-hydrogen) atoms. The predicted octanol–water partition coefficient (Wildman–Crippen LogP) is 3.68. The fourth-order valence-corrected chi connectivity index (χ4v) is 4.57. The zero-order chi connectivity index (χ0) is 15.9. The summed E-state index contributed by atoms with van der Waals surface area (Å²) in [5.41, 5.74) is 1.06. The minimum Gasteiger partial charge on any atom is -0.338 e. The fourth-order valence-electron chi connectivity index (χ4n) is 4.38. The molecule has 1 saturated carbocycles. The molecule has 0 radical (unpaired) electrons. The van der Waals surface area contributed by atoms with Crippen molar-refractivity contribution in [1.82, 2.24) is 9.80 Å². The van der Waals surface area contributed by atoms with Gasteiger partial charge < -0.3 is 9.80 Å². The number of carbonyl (C=O) groups is 1. The fraction of sp³-hybridized carbons (Fsp3) is 0.632. The first-order valence-electron chi connectivity index (χ1n) is 8.91. The zero-order valence-electron chi connectivity index (χ0n) is 13.6. The standard InChI is InChI=1S/C19H25ClN2O/c20-17-4-1-3-16(11-17)18(23)22-10-8-19(14-22)7-2-9-21(13-19)12-15-5-6-15/h1,3-4,11,15H,2,5-10,12-14H2. The molecule has 4 heteroatoms. The summed E-state index contributed by atoms with van der Waals surface area (Å²) < 4.78 is 0. The summed E-state index contributed by atoms with van der Waals surface area (Å²) in [6.07, 6.45) is 6.55. The van der Waals surface area contributed by atoms with Crippen molar-refractivity contribution in [2.24, 2.45) is 11.3 Å². The van der Waals surface area contributed by atoms with Gasteiger partial charge in [-0.15, -0.1) is 0 Å². The highest BCUT2D eigenvalue weighted by atomic mass is 35.5. The first-order chi connectivity index (χ1) is 11.1. The molecule has 1 unspecified atom stereocenters. The molecule has 3 aliphatic rings. The highest BCUT2D eigenvalue weighted by molar-refractivity contribution is 6.30. The molecule has 1 spiro atoms. The van der Waals surface area contributed by atoms with Crippen molar-refractivity contribution in [2.45, 2.75) is 32.1 Å². The summed E-state index contributed by atoms with van der Waals surface area (Å²) in [6, 6.07) is 7.34. The van der Waals surface area contributed by atoms with Gasteiger partial charge in [0.15, 0.2) is 0 Å². The van der Waals surface area contributed by atoms with E-state index in [1.807, 2.05) is 23.1 Å². The Morgan fingerprint density at radius 3 is 2.87 bits per heavy atom. The molecule has 4 rings (SSSR count). The molecule has 3 fully saturated rings. The Labute approximate surface area is 143 Å². The molecule has 1 aromatic carbocycles. The normalized spacial score (nSPS) is 28.5. The number of nitrogens with zero attached hydrogens (tertiary/aromatic N) is 2. The highest BCUT2D eigenvalue weighted by Gasteiger charge is 2.43. The van der Waals surface area contributed by atoms with E-state index in [1.165, 1.54) is 45.3 Å². The van der Waals surface area contributed by atoms with Crippen LogP contribution in [0.2, 0.25) is 5.02 Å². The van der Waals surface area contributed by atoms with Gasteiger partial charge in [-0.3, -0.25) is 4.79 Å². The van der Waals surface area contributed by atoms with Crippen molar-refractivity contribution in [2.75, 3.05) is 32.7 Å². The van der Waals surface area contributed by atoms with Crippen LogP contribution in [0.5, 0.6) is 0 Å². The van der Waals surface area contributed by atoms with Crippen LogP contribution in [0.3, 0.4) is 0 Å². The Morgan fingerprint density at radius 2 is 2.09 bits per heavy atom. The van der Waals surface area contributed by atoms with Crippen molar-refractivity contribution < 1.29 is 4.79 Å². The van der Waals surface area contributed by atoms with Crippen molar-refractivity contribution >= 4 is 17.5 Å². The minimum absolute atomic E-state index is 0.142. The molecule has 0 aromatic heterocycles. The van der Waals surface area contributed by atoms with Gasteiger partial charge in [0, 0.05) is 42.2 Å². The molecule has 124 valence electrons. The third kappa shape index (κ3) is 3.41. The van der Waals surface area contributed by atoms with Crippen LogP contribution >= 0.6 is 11.6 Å². The number of benzene rings is 1. The topological polar surface area (TPSA) is 23.6 Å². The molecule has 2 aliphatic heterocycles. The third-order valence-electron chi connectivity index (χ3n) is 5.75. The second-order valence-corrected chi connectivity index (χ2v) is 8.21. The Balaban J connectivity index is 1.42. The van der Waals surface area contributed by atoms with Crippen LogP contribution in [0.15, 0.2) is 24.3 Å². The van der Waals surface area contributed by atoms with Crippen molar-refractivity contribution in [3.05, 3.63) is 34.9 Å². The largest absolute Gasteiger partial charge is 0.338 e. The van der Waals surface area contributed by atoms with E-state index >= 15 is 0 Å². The second kappa shape index (κ2) is 6.10. The van der Waals surface area contributed by atoms with E-state index in [0.717, 1.165) is 31.0 Å². The zero-order valence-corrected chi connectivity index (χ0v) is 14.4. The smallest absolute Gasteiger partial charge is 0.253 e. The SMILES string of the molecule is O=C(c1cccc(Cl)c1)N1CCC2(CCCN(CC3CC3)C2)C1. The van der Waals surface area contributed by atoms with E-state index in [0.29, 0.717) is 10.4 Å². The average Bonchev–Trinajstić information content (AvgIpc) is 3.27. The highest BCUT2D eigenvalue weighted by Crippen LogP contribution is 2.41. The van der Waals surface area contributed by atoms with Crippen LogP contribution < -0.4 is 0 Å². The van der Waals surface area contributed by atoms with E-state index in [4.69, 9.17) is 11.6 Å². The third-order valence-corrected chi connectivity index (χ3v) is 5.99. The van der Waals surface area contributed by atoms with E-state index in [1.54, 1.807) is 6.07 Å². The number of likely N-dealkylation sites (tertiary alicyclic amines) is 2. The molecule has 1 atom stereocenters. The van der Waals surface area contributed by atoms with Gasteiger partial charge in [-0.1, -0.05) is 17.7 Å². The van der Waals surface area contributed by atoms with E-state index in [2.05, 4.69) is 4.90 Å². The summed E-state index contributed by atoms with van der Waals surface area (Å²) in [6.45, 7) is 5.52. The first-order valence-corrected chi connectivity index (χ1v) is 9.29. The maximum absolute atomic E-state index is 12.7. The Hall–Kier alpha value is -1.06. The first kappa shape index (κ1) is 15.5. The molecule has 1 aliphatic carbocycles. The molecule has 2 heterocycles. The molecule has 1 aromatic rings. The summed E-state index contributed by atoms with van der Waals surface area (Å²) in [7, 11) is 0. The molecule has 2 saturated heterocycles. The van der Waals surface area contributed by atoms with Crippen LogP contribution in [-0.2, 0) is 0 Å². The maximum atomic E-state index is 12.7. The monoisotopic (exact) mass is 332 g/mol. The number of hydrogen-bond acceptors (Lipinski definition) is 2. The Morgan fingerprint density at radius 1 is 1.22 bits per heavy atom. The van der Waals surface area contributed by atoms with E-state index in [-0.39, 0.29) is 5.91 Å². The van der Waals surface area contributed by atoms with Crippen LogP contribution in [0, 0.1) is 11.3 Å². The molecular formula is C19H25ClN2O. The predicted molar refractivity (Wildman–Crippen MR) is 92.8 cm³/mol. The molecule has 3 nitrogen and oxygen atoms in total. The lowest BCUT2D eigenvalue weighted by Crippen LogP contribution is -2.46. The lowest BCUT2D eigenvalue weighted by atomic mass is 9.79. The Kier molecular flexibility index (Phi) is 4.10. The number of piperidine rings is 1. The summed E-state index contributed by atoms with van der Waals surface area (Å²) in [5.74, 6) is 1.10. The minimum atomic E-state index is 0.142. The number of hydrogen-bond donors (Lipinski definition) is 0. The maximum Gasteiger partial charge on any atom is 0.253 e. The number of amides is 1. The van der Waals surface area contributed by atoms with Crippen molar-refractivity contribution in [1.29, 1.82) is 0 Å². The second-order valence-electron chi connectivity index (χ2n) is 7.77. The molecular weight excluding hydrogens is 308 g/mol. The van der Waals surface area contributed by atoms with E-state index < -0.39 is 0 Å². The van der Waals surface area contributed by atoms with Gasteiger partial charge in [0.1, 0.15) is 0 Å². The van der Waals surface area contributed by atoms with Gasteiger partial charge in [0.05, 0.1) is 0 Å². The van der Waals surface area contributed by atoms with Gasteiger partial charge in [0.25, 0.3) is 5.91 Å². The lowest BCUT2D eigenvalue weighted by molar-refractivity contribution is 0.0681. The van der Waals surface area contributed by atoms with Gasteiger partial charge in [0.2, 0.25) is 0 Å². The summed E-state index contributed by atoms with van der Waals surface area (Å²) >= 11 is 6.03. The van der Waals surface area contributed by atoms with E-state index in [9.17, 15) is 4.79 Å². The van der Waals surface area contributed by atoms with Crippen molar-refractivity contribution in [3.8, 4) is 0 Å². The number of halogens is 1. The lowest BCUT2D eigenvalue weighted by Gasteiger charge is -2.40. The summed E-state index contributed by atoms with van der Waals surface area (Å²) in [5, 5.41) is 0.637. The van der Waals surface area contributed by atoms with Crippen LogP contribution in [0.4, 0.5) is 0 Å². The average molecular weight is 333 g/mol. The molecule has 0 bridgehead atoms. The van der Waals surface area contributed by atoms with Crippen LogP contribution in [0.25, 0.3) is 0 Å². The van der Waals surface area contributed by atoms with Gasteiger partial charge in [-0.2, -0.15) is 0 Å². The van der Waals surface area contributed by atoms with Crippen molar-refractivity contribution in [3.63, 3.8) is 0 Å². The van der Waals surface area contributed by atoms with Gasteiger partial charge in [-0.25, -0.2) is 0 Å². The molecule has 0 N–H and O–H groups in total. The number of carbonyl (C=O) groups excluding carboxylic acids is 1.